The van der Waals surface area contributed by atoms with E-state index in [9.17, 15) is 15.0 Å². The number of rotatable bonds is 45. The van der Waals surface area contributed by atoms with Gasteiger partial charge in [0.2, 0.25) is 5.91 Å². The van der Waals surface area contributed by atoms with Crippen molar-refractivity contribution in [1.29, 1.82) is 0 Å². The predicted molar refractivity (Wildman–Crippen MR) is 257 cm³/mol. The summed E-state index contributed by atoms with van der Waals surface area (Å²) in [6.45, 7) is 4.24. The Morgan fingerprint density at radius 3 is 1.14 bits per heavy atom. The highest BCUT2D eigenvalue weighted by molar-refractivity contribution is 5.76. The molecule has 0 aromatic carbocycles. The highest BCUT2D eigenvalue weighted by Gasteiger charge is 2.20. The molecule has 3 N–H and O–H groups in total. The van der Waals surface area contributed by atoms with Crippen molar-refractivity contribution < 1.29 is 15.0 Å². The highest BCUT2D eigenvalue weighted by atomic mass is 16.3. The van der Waals surface area contributed by atoms with Crippen LogP contribution in [0, 0.1) is 0 Å². The number of unbranched alkanes of at least 4 members (excludes halogenated alkanes) is 26. The number of carbonyl (C=O) groups is 1. The fourth-order valence-corrected chi connectivity index (χ4v) is 7.42. The monoisotopic (exact) mass is 808 g/mol. The number of aliphatic hydroxyl groups is 2. The predicted octanol–water partition coefficient (Wildman–Crippen LogP) is 16.2. The molecule has 2 unspecified atom stereocenters. The van der Waals surface area contributed by atoms with Gasteiger partial charge in [-0.3, -0.25) is 4.79 Å². The first-order chi connectivity index (χ1) is 28.7. The Morgan fingerprint density at radius 1 is 0.431 bits per heavy atom. The highest BCUT2D eigenvalue weighted by Crippen LogP contribution is 2.16. The molecule has 0 heterocycles. The maximum atomic E-state index is 12.4. The lowest BCUT2D eigenvalue weighted by Gasteiger charge is -2.22. The molecule has 0 aliphatic rings. The molecule has 0 bridgehead atoms. The van der Waals surface area contributed by atoms with E-state index in [1.807, 2.05) is 0 Å². The van der Waals surface area contributed by atoms with Crippen LogP contribution in [0.2, 0.25) is 0 Å². The normalized spacial score (nSPS) is 13.5. The van der Waals surface area contributed by atoms with Crippen molar-refractivity contribution in [1.82, 2.24) is 5.32 Å². The quantitative estimate of drug-likeness (QED) is 0.0424. The molecule has 0 aromatic rings. The minimum Gasteiger partial charge on any atom is -0.394 e. The number of hydrogen-bond acceptors (Lipinski definition) is 3. The number of hydrogen-bond donors (Lipinski definition) is 3. The third kappa shape index (κ3) is 44.9. The Morgan fingerprint density at radius 2 is 0.759 bits per heavy atom. The maximum absolute atomic E-state index is 12.4. The molecule has 0 rings (SSSR count). The summed E-state index contributed by atoms with van der Waals surface area (Å²) in [4.78, 5) is 12.4. The van der Waals surface area contributed by atoms with Crippen LogP contribution in [0.15, 0.2) is 72.9 Å². The van der Waals surface area contributed by atoms with E-state index in [1.54, 1.807) is 0 Å². The SMILES string of the molecule is CC/C=C\C/C=C\C/C=C\C/C=C\C/C=C\C/C=C\CCCCCCCCCCCCCCCCC(=O)NC(CO)C(O)CCCCCCCCCCCCCCC. The van der Waals surface area contributed by atoms with Gasteiger partial charge in [-0.15, -0.1) is 0 Å². The Bertz CT molecular complexity index is 1010. The second-order valence-electron chi connectivity index (χ2n) is 16.9. The van der Waals surface area contributed by atoms with Gasteiger partial charge in [0.1, 0.15) is 0 Å². The second kappa shape index (κ2) is 49.2. The van der Waals surface area contributed by atoms with E-state index in [4.69, 9.17) is 0 Å². The van der Waals surface area contributed by atoms with Gasteiger partial charge < -0.3 is 15.5 Å². The summed E-state index contributed by atoms with van der Waals surface area (Å²) in [5.41, 5.74) is 0. The van der Waals surface area contributed by atoms with Crippen LogP contribution in [0.3, 0.4) is 0 Å². The molecular formula is C54H97NO3. The Kier molecular flexibility index (Phi) is 47.4. The average molecular weight is 808 g/mol. The van der Waals surface area contributed by atoms with Crippen LogP contribution in [-0.4, -0.2) is 34.9 Å². The molecule has 1 amide bonds. The van der Waals surface area contributed by atoms with E-state index < -0.39 is 12.1 Å². The topological polar surface area (TPSA) is 69.6 Å². The van der Waals surface area contributed by atoms with E-state index in [-0.39, 0.29) is 12.5 Å². The maximum Gasteiger partial charge on any atom is 0.220 e. The van der Waals surface area contributed by atoms with Gasteiger partial charge in [-0.2, -0.15) is 0 Å². The molecule has 2 atom stereocenters. The van der Waals surface area contributed by atoms with Gasteiger partial charge in [0.05, 0.1) is 18.8 Å². The lowest BCUT2D eigenvalue weighted by Crippen LogP contribution is -2.45. The number of allylic oxidation sites excluding steroid dienone is 12. The standard InChI is InChI=1S/C54H97NO3/c1-3-5-7-9-11-13-15-17-18-19-20-21-22-23-24-25-26-27-28-29-30-31-32-33-34-35-36-38-40-42-44-46-48-50-54(58)55-52(51-56)53(57)49-47-45-43-41-39-37-16-14-12-10-8-6-4-2/h5,7,11,13,17-18,20-21,23-24,26-27,52-53,56-57H,3-4,6,8-10,12,14-16,19,22,25,28-51H2,1-2H3,(H,55,58)/b7-5-,13-11-,18-17-,21-20-,24-23-,27-26-. The van der Waals surface area contributed by atoms with E-state index >= 15 is 0 Å². The van der Waals surface area contributed by atoms with Crippen molar-refractivity contribution in [3.05, 3.63) is 72.9 Å². The van der Waals surface area contributed by atoms with Crippen LogP contribution in [0.4, 0.5) is 0 Å². The molecule has 0 spiro atoms. The van der Waals surface area contributed by atoms with Gasteiger partial charge in [0.15, 0.2) is 0 Å². The molecule has 0 aromatic heterocycles. The number of aliphatic hydroxyl groups excluding tert-OH is 2. The molecule has 0 aliphatic heterocycles. The van der Waals surface area contributed by atoms with Crippen LogP contribution >= 0.6 is 0 Å². The Labute approximate surface area is 361 Å². The van der Waals surface area contributed by atoms with E-state index in [0.29, 0.717) is 12.8 Å². The molecule has 0 saturated heterocycles. The van der Waals surface area contributed by atoms with Gasteiger partial charge in [-0.1, -0.05) is 247 Å². The third-order valence-electron chi connectivity index (χ3n) is 11.2. The minimum atomic E-state index is -0.661. The molecule has 336 valence electrons. The van der Waals surface area contributed by atoms with Gasteiger partial charge in [0, 0.05) is 6.42 Å². The molecule has 0 radical (unpaired) electrons. The zero-order chi connectivity index (χ0) is 42.1. The molecule has 58 heavy (non-hydrogen) atoms. The van der Waals surface area contributed by atoms with Gasteiger partial charge in [-0.25, -0.2) is 0 Å². The first-order valence-electron chi connectivity index (χ1n) is 25.1. The van der Waals surface area contributed by atoms with Crippen molar-refractivity contribution in [2.75, 3.05) is 6.61 Å². The smallest absolute Gasteiger partial charge is 0.220 e. The summed E-state index contributed by atoms with van der Waals surface area (Å²) in [5, 5.41) is 23.2. The molecule has 0 fully saturated rings. The molecular weight excluding hydrogens is 711 g/mol. The first-order valence-corrected chi connectivity index (χ1v) is 25.1. The Balaban J connectivity index is 3.49. The summed E-state index contributed by atoms with van der Waals surface area (Å²) in [6.07, 6.45) is 70.0. The first kappa shape index (κ1) is 55.8. The van der Waals surface area contributed by atoms with Crippen LogP contribution in [-0.2, 0) is 4.79 Å². The number of nitrogens with one attached hydrogen (secondary N) is 1. The van der Waals surface area contributed by atoms with Crippen molar-refractivity contribution in [2.45, 2.75) is 257 Å². The van der Waals surface area contributed by atoms with Crippen LogP contribution in [0.25, 0.3) is 0 Å². The average Bonchev–Trinajstić information content (AvgIpc) is 3.23. The number of carbonyl (C=O) groups excluding carboxylic acids is 1. The van der Waals surface area contributed by atoms with Gasteiger partial charge in [0.25, 0.3) is 0 Å². The lowest BCUT2D eigenvalue weighted by atomic mass is 10.0. The van der Waals surface area contributed by atoms with Crippen LogP contribution < -0.4 is 5.32 Å². The molecule has 0 saturated carbocycles. The largest absolute Gasteiger partial charge is 0.394 e. The molecule has 4 heteroatoms. The van der Waals surface area contributed by atoms with Gasteiger partial charge >= 0.3 is 0 Å². The fraction of sp³-hybridized carbons (Fsp3) is 0.759. The van der Waals surface area contributed by atoms with Crippen molar-refractivity contribution in [3.63, 3.8) is 0 Å². The lowest BCUT2D eigenvalue weighted by molar-refractivity contribution is -0.123. The number of amides is 1. The van der Waals surface area contributed by atoms with Crippen LogP contribution in [0.5, 0.6) is 0 Å². The Hall–Kier alpha value is -2.17. The third-order valence-corrected chi connectivity index (χ3v) is 11.2. The molecule has 4 nitrogen and oxygen atoms in total. The van der Waals surface area contributed by atoms with Crippen molar-refractivity contribution in [3.8, 4) is 0 Å². The van der Waals surface area contributed by atoms with Gasteiger partial charge in [-0.05, 0) is 64.2 Å². The molecule has 0 aliphatic carbocycles. The van der Waals surface area contributed by atoms with Crippen molar-refractivity contribution >= 4 is 5.91 Å². The zero-order valence-corrected chi connectivity index (χ0v) is 38.5. The van der Waals surface area contributed by atoms with Crippen LogP contribution in [0.1, 0.15) is 245 Å². The van der Waals surface area contributed by atoms with E-state index in [1.165, 1.54) is 154 Å². The van der Waals surface area contributed by atoms with Crippen molar-refractivity contribution in [2.24, 2.45) is 0 Å². The summed E-state index contributed by atoms with van der Waals surface area (Å²) in [6, 6.07) is -0.538. The second-order valence-corrected chi connectivity index (χ2v) is 16.9. The zero-order valence-electron chi connectivity index (χ0n) is 38.5. The summed E-state index contributed by atoms with van der Waals surface area (Å²) < 4.78 is 0. The summed E-state index contributed by atoms with van der Waals surface area (Å²) in [7, 11) is 0. The summed E-state index contributed by atoms with van der Waals surface area (Å²) in [5.74, 6) is -0.0339. The summed E-state index contributed by atoms with van der Waals surface area (Å²) >= 11 is 0. The minimum absolute atomic E-state index is 0.0339. The fourth-order valence-electron chi connectivity index (χ4n) is 7.42. The van der Waals surface area contributed by atoms with E-state index in [0.717, 1.165) is 64.2 Å². The van der Waals surface area contributed by atoms with E-state index in [2.05, 4.69) is 92.1 Å².